The van der Waals surface area contributed by atoms with Gasteiger partial charge in [0.2, 0.25) is 0 Å². The van der Waals surface area contributed by atoms with Crippen molar-refractivity contribution in [1.82, 2.24) is 4.90 Å². The van der Waals surface area contributed by atoms with Crippen LogP contribution < -0.4 is 19.7 Å². The number of benzene rings is 2. The van der Waals surface area contributed by atoms with E-state index in [1.165, 1.54) is 17.7 Å². The molecule has 0 saturated carbocycles. The number of rotatable bonds is 5. The number of nitrogens with one attached hydrogen (secondary N) is 1. The Labute approximate surface area is 174 Å². The van der Waals surface area contributed by atoms with Gasteiger partial charge in [0.15, 0.2) is 0 Å². The molecule has 1 N–H and O–H groups in total. The van der Waals surface area contributed by atoms with Gasteiger partial charge in [-0.2, -0.15) is 0 Å². The summed E-state index contributed by atoms with van der Waals surface area (Å²) >= 11 is 7.92. The summed E-state index contributed by atoms with van der Waals surface area (Å²) in [6.07, 6.45) is 2.08. The number of halogens is 1. The molecule has 1 heterocycles. The van der Waals surface area contributed by atoms with E-state index in [9.17, 15) is 4.79 Å². The summed E-state index contributed by atoms with van der Waals surface area (Å²) < 4.78 is 10.5. The second-order valence-electron chi connectivity index (χ2n) is 6.26. The highest BCUT2D eigenvalue weighted by Crippen LogP contribution is 2.36. The molecule has 1 fully saturated rings. The highest BCUT2D eigenvalue weighted by molar-refractivity contribution is 7.98. The molecule has 0 bridgehead atoms. The minimum atomic E-state index is -0.169. The Morgan fingerprint density at radius 3 is 2.39 bits per heavy atom. The molecule has 1 saturated heterocycles. The monoisotopic (exact) mass is 421 g/mol. The molecular formula is C20H24ClN3O3S. The summed E-state index contributed by atoms with van der Waals surface area (Å²) in [5.74, 6) is 1.000. The number of carbonyl (C=O) groups excluding carboxylic acids is 1. The first-order chi connectivity index (χ1) is 13.6. The fraction of sp³-hybridized carbons (Fsp3) is 0.350. The van der Waals surface area contributed by atoms with Gasteiger partial charge in [0, 0.05) is 37.1 Å². The summed E-state index contributed by atoms with van der Waals surface area (Å²) in [4.78, 5) is 18.1. The third-order valence-corrected chi connectivity index (χ3v) is 5.79. The van der Waals surface area contributed by atoms with Crippen LogP contribution in [-0.4, -0.2) is 57.6 Å². The van der Waals surface area contributed by atoms with Crippen LogP contribution in [0.3, 0.4) is 0 Å². The van der Waals surface area contributed by atoms with Gasteiger partial charge in [-0.1, -0.05) is 23.7 Å². The quantitative estimate of drug-likeness (QED) is 0.723. The summed E-state index contributed by atoms with van der Waals surface area (Å²) in [7, 11) is 3.08. The Bertz CT molecular complexity index is 841. The second kappa shape index (κ2) is 9.30. The van der Waals surface area contributed by atoms with Gasteiger partial charge in [0.25, 0.3) is 0 Å². The minimum Gasteiger partial charge on any atom is -0.495 e. The molecule has 1 aliphatic rings. The maximum Gasteiger partial charge on any atom is 0.322 e. The Morgan fingerprint density at radius 1 is 1.07 bits per heavy atom. The van der Waals surface area contributed by atoms with Gasteiger partial charge in [0.05, 0.1) is 30.6 Å². The zero-order valence-electron chi connectivity index (χ0n) is 16.2. The van der Waals surface area contributed by atoms with E-state index < -0.39 is 0 Å². The highest BCUT2D eigenvalue weighted by Gasteiger charge is 2.23. The average molecular weight is 422 g/mol. The van der Waals surface area contributed by atoms with Crippen LogP contribution in [0.25, 0.3) is 0 Å². The predicted octanol–water partition coefficient (Wildman–Crippen LogP) is 4.43. The van der Waals surface area contributed by atoms with Gasteiger partial charge in [-0.05, 0) is 24.5 Å². The number of urea groups is 1. The van der Waals surface area contributed by atoms with Gasteiger partial charge in [0.1, 0.15) is 11.5 Å². The van der Waals surface area contributed by atoms with E-state index in [0.717, 1.165) is 13.1 Å². The third-order valence-electron chi connectivity index (χ3n) is 4.71. The van der Waals surface area contributed by atoms with Crippen molar-refractivity contribution in [3.05, 3.63) is 41.4 Å². The molecule has 3 rings (SSSR count). The number of hydrogen-bond donors (Lipinski definition) is 1. The molecule has 28 heavy (non-hydrogen) atoms. The topological polar surface area (TPSA) is 54.0 Å². The predicted molar refractivity (Wildman–Crippen MR) is 116 cm³/mol. The van der Waals surface area contributed by atoms with Crippen molar-refractivity contribution in [2.75, 3.05) is 56.9 Å². The maximum atomic E-state index is 12.7. The van der Waals surface area contributed by atoms with Gasteiger partial charge in [-0.3, -0.25) is 0 Å². The van der Waals surface area contributed by atoms with Gasteiger partial charge >= 0.3 is 6.03 Å². The fourth-order valence-electron chi connectivity index (χ4n) is 3.19. The molecule has 0 unspecified atom stereocenters. The molecule has 2 aromatic rings. The number of methoxy groups -OCH3 is 2. The van der Waals surface area contributed by atoms with Crippen LogP contribution in [-0.2, 0) is 0 Å². The molecule has 2 aromatic carbocycles. The number of piperazine rings is 1. The molecule has 0 spiro atoms. The van der Waals surface area contributed by atoms with Crippen LogP contribution >= 0.6 is 23.4 Å². The minimum absolute atomic E-state index is 0.169. The van der Waals surface area contributed by atoms with E-state index in [4.69, 9.17) is 21.1 Å². The largest absolute Gasteiger partial charge is 0.495 e. The van der Waals surface area contributed by atoms with Crippen molar-refractivity contribution in [3.8, 4) is 11.5 Å². The first-order valence-corrected chi connectivity index (χ1v) is 10.5. The molecule has 150 valence electrons. The van der Waals surface area contributed by atoms with E-state index in [2.05, 4.69) is 28.6 Å². The number of anilines is 2. The highest BCUT2D eigenvalue weighted by atomic mass is 35.5. The van der Waals surface area contributed by atoms with E-state index >= 15 is 0 Å². The Morgan fingerprint density at radius 2 is 1.75 bits per heavy atom. The summed E-state index contributed by atoms with van der Waals surface area (Å²) in [6, 6.07) is 11.5. The SMILES string of the molecule is COc1cc(OC)c(NC(=O)N2CCN(c3ccccc3SC)CC2)cc1Cl. The molecular weight excluding hydrogens is 398 g/mol. The van der Waals surface area contributed by atoms with Crippen molar-refractivity contribution in [2.24, 2.45) is 0 Å². The molecule has 0 atom stereocenters. The average Bonchev–Trinajstić information content (AvgIpc) is 2.74. The van der Waals surface area contributed by atoms with Gasteiger partial charge in [-0.15, -0.1) is 11.8 Å². The molecule has 8 heteroatoms. The van der Waals surface area contributed by atoms with E-state index in [1.807, 2.05) is 12.1 Å². The molecule has 2 amide bonds. The van der Waals surface area contributed by atoms with Crippen molar-refractivity contribution < 1.29 is 14.3 Å². The molecule has 1 aliphatic heterocycles. The van der Waals surface area contributed by atoms with Crippen molar-refractivity contribution >= 4 is 40.8 Å². The maximum absolute atomic E-state index is 12.7. The molecule has 0 aromatic heterocycles. The lowest BCUT2D eigenvalue weighted by Gasteiger charge is -2.36. The van der Waals surface area contributed by atoms with Crippen LogP contribution in [0.4, 0.5) is 16.2 Å². The third kappa shape index (κ3) is 4.42. The van der Waals surface area contributed by atoms with E-state index in [1.54, 1.807) is 35.9 Å². The van der Waals surface area contributed by atoms with Crippen LogP contribution in [0, 0.1) is 0 Å². The van der Waals surface area contributed by atoms with Crippen LogP contribution in [0.5, 0.6) is 11.5 Å². The summed E-state index contributed by atoms with van der Waals surface area (Å²) in [5, 5.41) is 3.31. The number of amides is 2. The lowest BCUT2D eigenvalue weighted by atomic mass is 10.2. The number of nitrogens with zero attached hydrogens (tertiary/aromatic N) is 2. The van der Waals surface area contributed by atoms with Crippen LogP contribution in [0.2, 0.25) is 5.02 Å². The molecule has 6 nitrogen and oxygen atoms in total. The van der Waals surface area contributed by atoms with Crippen LogP contribution in [0.15, 0.2) is 41.3 Å². The lowest BCUT2D eigenvalue weighted by Crippen LogP contribution is -2.50. The number of ether oxygens (including phenoxy) is 2. The van der Waals surface area contributed by atoms with Crippen molar-refractivity contribution in [1.29, 1.82) is 0 Å². The number of carbonyl (C=O) groups is 1. The normalized spacial score (nSPS) is 14.0. The standard InChI is InChI=1S/C20H24ClN3O3S/c1-26-17-13-18(27-2)15(12-14(17)21)22-20(25)24-10-8-23(9-11-24)16-6-4-5-7-19(16)28-3/h4-7,12-13H,8-11H2,1-3H3,(H,22,25). The van der Waals surface area contributed by atoms with E-state index in [0.29, 0.717) is 35.3 Å². The second-order valence-corrected chi connectivity index (χ2v) is 7.52. The van der Waals surface area contributed by atoms with Crippen molar-refractivity contribution in [2.45, 2.75) is 4.90 Å². The summed E-state index contributed by atoms with van der Waals surface area (Å²) in [6.45, 7) is 2.85. The first kappa shape index (κ1) is 20.5. The Kier molecular flexibility index (Phi) is 6.80. The van der Waals surface area contributed by atoms with Crippen molar-refractivity contribution in [3.63, 3.8) is 0 Å². The number of thioether (sulfide) groups is 1. The number of para-hydroxylation sites is 1. The van der Waals surface area contributed by atoms with E-state index in [-0.39, 0.29) is 6.03 Å². The smallest absolute Gasteiger partial charge is 0.322 e. The first-order valence-electron chi connectivity index (χ1n) is 8.92. The van der Waals surface area contributed by atoms with Gasteiger partial charge < -0.3 is 24.6 Å². The molecule has 0 aliphatic carbocycles. The Hall–Kier alpha value is -2.25. The molecule has 0 radical (unpaired) electrons. The summed E-state index contributed by atoms with van der Waals surface area (Å²) in [5.41, 5.74) is 1.74. The van der Waals surface area contributed by atoms with Gasteiger partial charge in [-0.25, -0.2) is 4.79 Å². The fourth-order valence-corrected chi connectivity index (χ4v) is 4.06. The lowest BCUT2D eigenvalue weighted by molar-refractivity contribution is 0.208. The zero-order valence-corrected chi connectivity index (χ0v) is 17.8. The number of hydrogen-bond acceptors (Lipinski definition) is 5. The van der Waals surface area contributed by atoms with Crippen LogP contribution in [0.1, 0.15) is 0 Å². The zero-order chi connectivity index (χ0) is 20.1. The Balaban J connectivity index is 1.65.